The van der Waals surface area contributed by atoms with Gasteiger partial charge in [0.25, 0.3) is 0 Å². The number of benzene rings is 4. The number of ether oxygens (including phenoxy) is 4. The molecule has 0 aliphatic heterocycles. The third-order valence-corrected chi connectivity index (χ3v) is 8.37. The number of aliphatic carboxylic acids is 1. The lowest BCUT2D eigenvalue weighted by Gasteiger charge is -2.39. The maximum absolute atomic E-state index is 13.9. The summed E-state index contributed by atoms with van der Waals surface area (Å²) in [6.45, 7) is 9.77. The molecule has 0 aliphatic rings. The van der Waals surface area contributed by atoms with Crippen LogP contribution < -0.4 is 15.6 Å². The van der Waals surface area contributed by atoms with Crippen molar-refractivity contribution in [2.24, 2.45) is 0 Å². The zero-order valence-electron chi connectivity index (χ0n) is 34.3. The number of hydrazine groups is 1. The molecule has 15 nitrogen and oxygen atoms in total. The summed E-state index contributed by atoms with van der Waals surface area (Å²) in [5, 5.41) is 19.3. The van der Waals surface area contributed by atoms with Crippen LogP contribution in [0.25, 0.3) is 10.8 Å². The van der Waals surface area contributed by atoms with Gasteiger partial charge in [-0.2, -0.15) is 0 Å². The number of fused-ring (bicyclic) bond motifs is 1. The Bertz CT molecular complexity index is 2260. The highest BCUT2D eigenvalue weighted by atomic mass is 16.6. The molecule has 5 aromatic rings. The lowest BCUT2D eigenvalue weighted by molar-refractivity contribution is -0.139. The van der Waals surface area contributed by atoms with Crippen LogP contribution in [0.1, 0.15) is 69.8 Å². The molecule has 1 atom stereocenters. The van der Waals surface area contributed by atoms with Crippen LogP contribution in [-0.4, -0.2) is 63.1 Å². The predicted octanol–water partition coefficient (Wildman–Crippen LogP) is 8.54. The fourth-order valence-corrected chi connectivity index (χ4v) is 5.80. The van der Waals surface area contributed by atoms with Crippen LogP contribution in [0, 0.1) is 0 Å². The molecular weight excluding hydrogens is 771 g/mol. The minimum Gasteiger partial charge on any atom is -0.479 e. The van der Waals surface area contributed by atoms with E-state index in [0.717, 1.165) is 21.5 Å². The summed E-state index contributed by atoms with van der Waals surface area (Å²) in [5.41, 5.74) is 0.990. The van der Waals surface area contributed by atoms with E-state index < -0.39 is 47.4 Å². The van der Waals surface area contributed by atoms with Gasteiger partial charge in [-0.1, -0.05) is 72.8 Å². The van der Waals surface area contributed by atoms with E-state index in [9.17, 15) is 29.1 Å². The van der Waals surface area contributed by atoms with Crippen molar-refractivity contribution in [1.82, 2.24) is 15.3 Å². The molecule has 4 aromatic carbocycles. The van der Waals surface area contributed by atoms with Crippen LogP contribution in [0.5, 0.6) is 0 Å². The first kappa shape index (κ1) is 44.1. The van der Waals surface area contributed by atoms with E-state index in [1.54, 1.807) is 115 Å². The van der Waals surface area contributed by atoms with E-state index in [-0.39, 0.29) is 37.6 Å². The number of carbonyl (C=O) groups is 5. The van der Waals surface area contributed by atoms with Gasteiger partial charge in [-0.3, -0.25) is 14.8 Å². The standard InChI is InChI=1S/C45H49N5O10/c1-44(2,3)59-42(55)50(43(56)60-45(4,5)6)49(37-20-19-35-26-46-22-21-34(35)24-37)39(40(52)53)33-17-15-31(16-18-33)27-57-29-38(51)48-36-14-10-13-32(23-36)25-47-41(54)58-28-30-11-8-7-9-12-30/h7-24,26,39H,25,27-29H2,1-6H3,(H,47,54)(H,48,51)(H,52,53). The molecule has 15 heteroatoms. The van der Waals surface area contributed by atoms with Gasteiger partial charge in [-0.25, -0.2) is 19.2 Å². The number of carboxylic acid groups (broad SMARTS) is 1. The highest BCUT2D eigenvalue weighted by Crippen LogP contribution is 2.34. The lowest BCUT2D eigenvalue weighted by Crippen LogP contribution is -2.56. The first-order valence-electron chi connectivity index (χ1n) is 19.1. The largest absolute Gasteiger partial charge is 0.479 e. The summed E-state index contributed by atoms with van der Waals surface area (Å²) in [6, 6.07) is 27.6. The smallest absolute Gasteiger partial charge is 0.439 e. The molecule has 1 aromatic heterocycles. The molecule has 1 unspecified atom stereocenters. The second kappa shape index (κ2) is 19.6. The van der Waals surface area contributed by atoms with Crippen molar-refractivity contribution in [2.45, 2.75) is 78.5 Å². The van der Waals surface area contributed by atoms with Crippen LogP contribution in [0.15, 0.2) is 116 Å². The molecule has 314 valence electrons. The Balaban J connectivity index is 1.28. The molecule has 0 bridgehead atoms. The third kappa shape index (κ3) is 13.0. The Morgan fingerprint density at radius 2 is 1.37 bits per heavy atom. The average Bonchev–Trinajstić information content (AvgIpc) is 3.18. The maximum Gasteiger partial charge on any atom is 0.439 e. The van der Waals surface area contributed by atoms with Crippen molar-refractivity contribution < 1.29 is 48.0 Å². The number of carbonyl (C=O) groups excluding carboxylic acids is 4. The second-order valence-electron chi connectivity index (χ2n) is 15.7. The van der Waals surface area contributed by atoms with Crippen LogP contribution in [0.2, 0.25) is 0 Å². The highest BCUT2D eigenvalue weighted by Gasteiger charge is 2.42. The van der Waals surface area contributed by atoms with Gasteiger partial charge in [-0.05, 0) is 99.5 Å². The van der Waals surface area contributed by atoms with Crippen molar-refractivity contribution in [2.75, 3.05) is 16.9 Å². The number of rotatable bonds is 14. The quantitative estimate of drug-likeness (QED) is 0.0717. The lowest BCUT2D eigenvalue weighted by atomic mass is 10.0. The molecule has 0 saturated heterocycles. The molecule has 1 heterocycles. The number of anilines is 2. The van der Waals surface area contributed by atoms with E-state index in [1.807, 2.05) is 30.3 Å². The SMILES string of the molecule is CC(C)(C)OC(=O)N(C(=O)OC(C)(C)C)N(c1ccc2cnccc2c1)C(C(=O)O)c1ccc(COCC(=O)Nc2cccc(CNC(=O)OCc3ccccc3)c2)cc1. The Kier molecular flexibility index (Phi) is 14.4. The fourth-order valence-electron chi connectivity index (χ4n) is 5.80. The van der Waals surface area contributed by atoms with Crippen molar-refractivity contribution in [3.63, 3.8) is 0 Å². The van der Waals surface area contributed by atoms with Gasteiger partial charge in [0, 0.05) is 30.0 Å². The van der Waals surface area contributed by atoms with Crippen molar-refractivity contribution in [3.8, 4) is 0 Å². The van der Waals surface area contributed by atoms with Gasteiger partial charge in [0.2, 0.25) is 5.91 Å². The number of nitrogens with one attached hydrogen (secondary N) is 2. The van der Waals surface area contributed by atoms with Crippen LogP contribution in [-0.2, 0) is 48.3 Å². The second-order valence-corrected chi connectivity index (χ2v) is 15.7. The first-order valence-corrected chi connectivity index (χ1v) is 19.1. The van der Waals surface area contributed by atoms with Crippen molar-refractivity contribution >= 4 is 52.3 Å². The number of imide groups is 1. The molecule has 3 N–H and O–H groups in total. The van der Waals surface area contributed by atoms with Crippen molar-refractivity contribution in [3.05, 3.63) is 138 Å². The van der Waals surface area contributed by atoms with E-state index in [0.29, 0.717) is 21.6 Å². The normalized spacial score (nSPS) is 11.8. The number of carboxylic acids is 1. The Morgan fingerprint density at radius 1 is 0.717 bits per heavy atom. The number of hydrogen-bond acceptors (Lipinski definition) is 11. The molecule has 0 aliphatic carbocycles. The number of amides is 4. The average molecular weight is 820 g/mol. The third-order valence-electron chi connectivity index (χ3n) is 8.37. The molecule has 0 radical (unpaired) electrons. The number of alkyl carbamates (subject to hydrolysis) is 1. The number of pyridine rings is 1. The van der Waals surface area contributed by atoms with Gasteiger partial charge in [0.15, 0.2) is 6.04 Å². The van der Waals surface area contributed by atoms with Gasteiger partial charge in [0.05, 0.1) is 12.3 Å². The Hall–Kier alpha value is -7.00. The van der Waals surface area contributed by atoms with Crippen molar-refractivity contribution in [1.29, 1.82) is 0 Å². The van der Waals surface area contributed by atoms with Gasteiger partial charge in [-0.15, -0.1) is 5.01 Å². The first-order chi connectivity index (χ1) is 28.5. The van der Waals surface area contributed by atoms with Crippen LogP contribution in [0.4, 0.5) is 25.8 Å². The summed E-state index contributed by atoms with van der Waals surface area (Å²) in [5.74, 6) is -1.80. The molecule has 60 heavy (non-hydrogen) atoms. The van der Waals surface area contributed by atoms with Gasteiger partial charge < -0.3 is 34.7 Å². The summed E-state index contributed by atoms with van der Waals surface area (Å²) in [7, 11) is 0. The molecule has 4 amide bonds. The van der Waals surface area contributed by atoms with E-state index in [1.165, 1.54) is 12.1 Å². The van der Waals surface area contributed by atoms with E-state index >= 15 is 0 Å². The predicted molar refractivity (Wildman–Crippen MR) is 224 cm³/mol. The van der Waals surface area contributed by atoms with Gasteiger partial charge >= 0.3 is 24.2 Å². The highest BCUT2D eigenvalue weighted by molar-refractivity contribution is 5.94. The summed E-state index contributed by atoms with van der Waals surface area (Å²) >= 11 is 0. The molecule has 5 rings (SSSR count). The minimum atomic E-state index is -1.64. The Morgan fingerprint density at radius 3 is 2.02 bits per heavy atom. The van der Waals surface area contributed by atoms with Gasteiger partial charge in [0.1, 0.15) is 24.4 Å². The topological polar surface area (TPSA) is 186 Å². The Labute approximate surface area is 348 Å². The fraction of sp³-hybridized carbons (Fsp3) is 0.289. The van der Waals surface area contributed by atoms with E-state index in [2.05, 4.69) is 15.6 Å². The number of aromatic nitrogens is 1. The molecule has 0 fully saturated rings. The van der Waals surface area contributed by atoms with E-state index in [4.69, 9.17) is 18.9 Å². The monoisotopic (exact) mass is 819 g/mol. The van der Waals surface area contributed by atoms with Crippen LogP contribution in [0.3, 0.4) is 0 Å². The molecule has 0 spiro atoms. The van der Waals surface area contributed by atoms with Crippen LogP contribution >= 0.6 is 0 Å². The molecule has 0 saturated carbocycles. The molecular formula is C45H49N5O10. The summed E-state index contributed by atoms with van der Waals surface area (Å²) in [4.78, 5) is 70.1. The summed E-state index contributed by atoms with van der Waals surface area (Å²) < 4.78 is 22.2. The zero-order valence-corrected chi connectivity index (χ0v) is 34.3. The number of nitrogens with zero attached hydrogens (tertiary/aromatic N) is 3. The summed E-state index contributed by atoms with van der Waals surface area (Å²) in [6.07, 6.45) is 0.334. The maximum atomic E-state index is 13.9. The number of hydrogen-bond donors (Lipinski definition) is 3. The zero-order chi connectivity index (χ0) is 43.5. The minimum absolute atomic E-state index is 0.00482.